The predicted molar refractivity (Wildman–Crippen MR) is 92.3 cm³/mol. The number of benzene rings is 2. The van der Waals surface area contributed by atoms with E-state index in [0.29, 0.717) is 5.56 Å². The Bertz CT molecular complexity index is 792. The van der Waals surface area contributed by atoms with Gasteiger partial charge >= 0.3 is 0 Å². The number of nitrogens with zero attached hydrogens (tertiary/aromatic N) is 3. The largest absolute Gasteiger partial charge is 0.378 e. The highest BCUT2D eigenvalue weighted by molar-refractivity contribution is 6.04. The zero-order chi connectivity index (χ0) is 16.2. The lowest BCUT2D eigenvalue weighted by Gasteiger charge is -2.13. The number of hydrogen-bond donors (Lipinski definition) is 1. The maximum Gasteiger partial charge on any atom is 0.255 e. The van der Waals surface area contributed by atoms with E-state index in [2.05, 4.69) is 10.4 Å². The van der Waals surface area contributed by atoms with Crippen LogP contribution in [0.5, 0.6) is 0 Å². The fourth-order valence-corrected chi connectivity index (χ4v) is 2.26. The molecule has 0 aliphatic heterocycles. The number of amides is 1. The van der Waals surface area contributed by atoms with Crippen molar-refractivity contribution in [2.24, 2.45) is 0 Å². The normalized spacial score (nSPS) is 10.3. The van der Waals surface area contributed by atoms with Crippen LogP contribution in [-0.2, 0) is 0 Å². The van der Waals surface area contributed by atoms with E-state index in [1.54, 1.807) is 10.9 Å². The number of carbonyl (C=O) groups excluding carboxylic acids is 1. The second kappa shape index (κ2) is 6.36. The maximum absolute atomic E-state index is 12.3. The third-order valence-electron chi connectivity index (χ3n) is 3.52. The Morgan fingerprint density at radius 2 is 1.87 bits per heavy atom. The lowest BCUT2D eigenvalue weighted by atomic mass is 10.2. The van der Waals surface area contributed by atoms with Crippen LogP contribution >= 0.6 is 0 Å². The second-order valence-corrected chi connectivity index (χ2v) is 5.40. The van der Waals surface area contributed by atoms with E-state index in [4.69, 9.17) is 0 Å². The summed E-state index contributed by atoms with van der Waals surface area (Å²) in [4.78, 5) is 14.3. The zero-order valence-corrected chi connectivity index (χ0v) is 13.1. The van der Waals surface area contributed by atoms with Gasteiger partial charge in [0.15, 0.2) is 0 Å². The molecule has 0 saturated heterocycles. The van der Waals surface area contributed by atoms with Gasteiger partial charge in [-0.25, -0.2) is 4.68 Å². The topological polar surface area (TPSA) is 50.2 Å². The summed E-state index contributed by atoms with van der Waals surface area (Å²) in [5.41, 5.74) is 3.32. The molecule has 0 saturated carbocycles. The monoisotopic (exact) mass is 306 g/mol. The van der Waals surface area contributed by atoms with Crippen molar-refractivity contribution in [3.8, 4) is 5.69 Å². The molecule has 0 aliphatic rings. The highest BCUT2D eigenvalue weighted by Gasteiger charge is 2.07. The third-order valence-corrected chi connectivity index (χ3v) is 3.52. The van der Waals surface area contributed by atoms with Crippen molar-refractivity contribution in [2.75, 3.05) is 24.3 Å². The molecule has 0 unspecified atom stereocenters. The van der Waals surface area contributed by atoms with Crippen molar-refractivity contribution in [3.63, 3.8) is 0 Å². The molecule has 0 radical (unpaired) electrons. The summed E-state index contributed by atoms with van der Waals surface area (Å²) < 4.78 is 1.75. The van der Waals surface area contributed by atoms with Gasteiger partial charge in [-0.3, -0.25) is 4.79 Å². The molecule has 1 N–H and O–H groups in total. The van der Waals surface area contributed by atoms with Gasteiger partial charge < -0.3 is 10.2 Å². The van der Waals surface area contributed by atoms with E-state index < -0.39 is 0 Å². The van der Waals surface area contributed by atoms with Gasteiger partial charge in [-0.15, -0.1) is 0 Å². The average molecular weight is 306 g/mol. The molecule has 0 aliphatic carbocycles. The maximum atomic E-state index is 12.3. The Labute approximate surface area is 135 Å². The van der Waals surface area contributed by atoms with E-state index in [9.17, 15) is 4.79 Å². The number of rotatable bonds is 4. The molecular weight excluding hydrogens is 288 g/mol. The van der Waals surface area contributed by atoms with Crippen LogP contribution in [0.25, 0.3) is 5.69 Å². The Hall–Kier alpha value is -3.08. The Morgan fingerprint density at radius 1 is 1.09 bits per heavy atom. The molecule has 0 bridgehead atoms. The Kier molecular flexibility index (Phi) is 4.10. The van der Waals surface area contributed by atoms with E-state index >= 15 is 0 Å². The second-order valence-electron chi connectivity index (χ2n) is 5.40. The van der Waals surface area contributed by atoms with Crippen molar-refractivity contribution < 1.29 is 4.79 Å². The molecular formula is C18H18N4O. The van der Waals surface area contributed by atoms with Crippen molar-refractivity contribution >= 4 is 17.3 Å². The van der Waals surface area contributed by atoms with Crippen molar-refractivity contribution in [3.05, 3.63) is 72.6 Å². The van der Waals surface area contributed by atoms with Crippen LogP contribution in [0.2, 0.25) is 0 Å². The smallest absolute Gasteiger partial charge is 0.255 e. The van der Waals surface area contributed by atoms with E-state index in [-0.39, 0.29) is 5.91 Å². The summed E-state index contributed by atoms with van der Waals surface area (Å²) in [6.07, 6.45) is 3.58. The first-order chi connectivity index (χ1) is 11.1. The summed E-state index contributed by atoms with van der Waals surface area (Å²) >= 11 is 0. The molecule has 116 valence electrons. The van der Waals surface area contributed by atoms with Crippen LogP contribution in [0.3, 0.4) is 0 Å². The molecule has 0 atom stereocenters. The molecule has 0 fully saturated rings. The number of hydrogen-bond acceptors (Lipinski definition) is 3. The molecule has 5 heteroatoms. The molecule has 1 aromatic heterocycles. The minimum atomic E-state index is -0.132. The van der Waals surface area contributed by atoms with Gasteiger partial charge in [0.1, 0.15) is 0 Å². The van der Waals surface area contributed by atoms with Gasteiger partial charge in [-0.2, -0.15) is 5.10 Å². The van der Waals surface area contributed by atoms with Crippen LogP contribution in [0.4, 0.5) is 11.4 Å². The number of carbonyl (C=O) groups is 1. The van der Waals surface area contributed by atoms with Gasteiger partial charge in [0.05, 0.1) is 5.69 Å². The van der Waals surface area contributed by atoms with Crippen LogP contribution in [0.15, 0.2) is 67.0 Å². The molecule has 2 aromatic carbocycles. The average Bonchev–Trinajstić information content (AvgIpc) is 3.10. The summed E-state index contributed by atoms with van der Waals surface area (Å²) in [6.45, 7) is 0. The van der Waals surface area contributed by atoms with Crippen LogP contribution in [0.1, 0.15) is 10.4 Å². The predicted octanol–water partition coefficient (Wildman–Crippen LogP) is 3.19. The Morgan fingerprint density at radius 3 is 2.52 bits per heavy atom. The lowest BCUT2D eigenvalue weighted by Crippen LogP contribution is -2.13. The quantitative estimate of drug-likeness (QED) is 0.805. The first kappa shape index (κ1) is 14.8. The molecule has 23 heavy (non-hydrogen) atoms. The van der Waals surface area contributed by atoms with Crippen LogP contribution < -0.4 is 10.2 Å². The molecule has 3 aromatic rings. The minimum Gasteiger partial charge on any atom is -0.378 e. The third kappa shape index (κ3) is 3.40. The summed E-state index contributed by atoms with van der Waals surface area (Å²) in [6, 6.07) is 16.9. The molecule has 1 amide bonds. The van der Waals surface area contributed by atoms with Crippen molar-refractivity contribution in [1.82, 2.24) is 9.78 Å². The van der Waals surface area contributed by atoms with E-state index in [1.165, 1.54) is 0 Å². The first-order valence-corrected chi connectivity index (χ1v) is 7.32. The van der Waals surface area contributed by atoms with E-state index in [1.807, 2.05) is 79.8 Å². The van der Waals surface area contributed by atoms with Gasteiger partial charge in [-0.05, 0) is 48.5 Å². The lowest BCUT2D eigenvalue weighted by molar-refractivity contribution is 0.102. The zero-order valence-electron chi connectivity index (χ0n) is 13.1. The van der Waals surface area contributed by atoms with Gasteiger partial charge in [-0.1, -0.05) is 6.07 Å². The SMILES string of the molecule is CN(C)c1ccc(C(=O)Nc2cccc(-n3cccn3)c2)cc1. The number of nitrogens with one attached hydrogen (secondary N) is 1. The highest BCUT2D eigenvalue weighted by Crippen LogP contribution is 2.16. The van der Waals surface area contributed by atoms with Crippen LogP contribution in [-0.4, -0.2) is 29.8 Å². The number of anilines is 2. The van der Waals surface area contributed by atoms with Gasteiger partial charge in [0, 0.05) is 43.4 Å². The summed E-state index contributed by atoms with van der Waals surface area (Å²) in [5.74, 6) is -0.132. The number of aromatic nitrogens is 2. The molecule has 5 nitrogen and oxygen atoms in total. The fourth-order valence-electron chi connectivity index (χ4n) is 2.26. The Balaban J connectivity index is 1.76. The van der Waals surface area contributed by atoms with Crippen molar-refractivity contribution in [2.45, 2.75) is 0 Å². The van der Waals surface area contributed by atoms with Crippen LogP contribution in [0, 0.1) is 0 Å². The van der Waals surface area contributed by atoms with Crippen molar-refractivity contribution in [1.29, 1.82) is 0 Å². The highest BCUT2D eigenvalue weighted by atomic mass is 16.1. The molecule has 3 rings (SSSR count). The van der Waals surface area contributed by atoms with E-state index in [0.717, 1.165) is 17.1 Å². The summed E-state index contributed by atoms with van der Waals surface area (Å²) in [5, 5.41) is 7.11. The standard InChI is InChI=1S/C18H18N4O/c1-21(2)16-9-7-14(8-10-16)18(23)20-15-5-3-6-17(13-15)22-12-4-11-19-22/h3-13H,1-2H3,(H,20,23). The molecule has 1 heterocycles. The van der Waals surface area contributed by atoms with Gasteiger partial charge in [0.2, 0.25) is 0 Å². The summed E-state index contributed by atoms with van der Waals surface area (Å²) in [7, 11) is 3.94. The minimum absolute atomic E-state index is 0.132. The van der Waals surface area contributed by atoms with Gasteiger partial charge in [0.25, 0.3) is 5.91 Å². The fraction of sp³-hybridized carbons (Fsp3) is 0.111. The molecule has 0 spiro atoms. The first-order valence-electron chi connectivity index (χ1n) is 7.32.